The summed E-state index contributed by atoms with van der Waals surface area (Å²) in [6.45, 7) is 2.24. The molecule has 108 valence electrons. The van der Waals surface area contributed by atoms with E-state index in [-0.39, 0.29) is 0 Å². The Labute approximate surface area is 118 Å². The fourth-order valence-corrected chi connectivity index (χ4v) is 2.96. The van der Waals surface area contributed by atoms with Crippen LogP contribution in [-0.2, 0) is 7.05 Å². The van der Waals surface area contributed by atoms with Gasteiger partial charge in [-0.1, -0.05) is 18.5 Å². The minimum absolute atomic E-state index is 0.395. The van der Waals surface area contributed by atoms with Gasteiger partial charge in [-0.3, -0.25) is 4.68 Å². The predicted octanol–water partition coefficient (Wildman–Crippen LogP) is 2.14. The third-order valence-electron chi connectivity index (χ3n) is 4.29. The molecule has 1 fully saturated rings. The van der Waals surface area contributed by atoms with E-state index in [1.165, 1.54) is 12.8 Å². The van der Waals surface area contributed by atoms with Gasteiger partial charge in [-0.25, -0.2) is 0 Å². The fourth-order valence-electron chi connectivity index (χ4n) is 2.96. The van der Waals surface area contributed by atoms with Gasteiger partial charge in [-0.05, 0) is 25.2 Å². The summed E-state index contributed by atoms with van der Waals surface area (Å²) in [7, 11) is 1.86. The molecule has 3 atom stereocenters. The Morgan fingerprint density at radius 2 is 2.35 bits per heavy atom. The zero-order valence-electron chi connectivity index (χ0n) is 12.0. The summed E-state index contributed by atoms with van der Waals surface area (Å²) >= 11 is 0. The molecule has 0 spiro atoms. The van der Waals surface area contributed by atoms with E-state index in [1.54, 1.807) is 10.9 Å². The highest BCUT2D eigenvalue weighted by molar-refractivity contribution is 5.17. The topological polar surface area (TPSA) is 82.8 Å². The first-order valence-electron chi connectivity index (χ1n) is 7.25. The van der Waals surface area contributed by atoms with Crippen molar-refractivity contribution in [2.75, 3.05) is 0 Å². The van der Waals surface area contributed by atoms with E-state index >= 15 is 0 Å². The Kier molecular flexibility index (Phi) is 3.56. The van der Waals surface area contributed by atoms with Crippen LogP contribution in [0.25, 0.3) is 0 Å². The van der Waals surface area contributed by atoms with Gasteiger partial charge in [0.1, 0.15) is 6.04 Å². The Balaban J connectivity index is 1.73. The molecule has 6 nitrogen and oxygen atoms in total. The molecule has 1 saturated carbocycles. The van der Waals surface area contributed by atoms with Crippen LogP contribution < -0.4 is 5.73 Å². The monoisotopic (exact) mass is 275 g/mol. The summed E-state index contributed by atoms with van der Waals surface area (Å²) in [5, 5.41) is 8.24. The van der Waals surface area contributed by atoms with Crippen LogP contribution in [0, 0.1) is 5.92 Å². The number of hydrogen-bond acceptors (Lipinski definition) is 5. The van der Waals surface area contributed by atoms with Gasteiger partial charge in [0.15, 0.2) is 5.82 Å². The molecule has 3 rings (SSSR count). The molecule has 20 heavy (non-hydrogen) atoms. The van der Waals surface area contributed by atoms with Gasteiger partial charge in [0.05, 0.1) is 6.20 Å². The lowest BCUT2D eigenvalue weighted by molar-refractivity contribution is 0.359. The van der Waals surface area contributed by atoms with Crippen molar-refractivity contribution in [3.05, 3.63) is 29.7 Å². The molecule has 1 aliphatic carbocycles. The Bertz CT molecular complexity index is 576. The smallest absolute Gasteiger partial charge is 0.248 e. The molecule has 0 amide bonds. The standard InChI is InChI=1S/C14H21N5O/c1-3-9-4-5-10(6-9)13-17-14(20-18-13)12(15)11-7-16-19(2)8-11/h7-10,12H,3-6,15H2,1-2H3. The molecular weight excluding hydrogens is 254 g/mol. The number of aryl methyl sites for hydroxylation is 1. The van der Waals surface area contributed by atoms with Crippen molar-refractivity contribution in [2.24, 2.45) is 18.7 Å². The number of hydrogen-bond donors (Lipinski definition) is 1. The van der Waals surface area contributed by atoms with Crippen molar-refractivity contribution in [1.29, 1.82) is 0 Å². The van der Waals surface area contributed by atoms with Crippen molar-refractivity contribution in [2.45, 2.75) is 44.6 Å². The summed E-state index contributed by atoms with van der Waals surface area (Å²) in [4.78, 5) is 4.51. The van der Waals surface area contributed by atoms with E-state index in [2.05, 4.69) is 22.2 Å². The lowest BCUT2D eigenvalue weighted by Gasteiger charge is -2.05. The van der Waals surface area contributed by atoms with Gasteiger partial charge in [-0.15, -0.1) is 0 Å². The third kappa shape index (κ3) is 2.47. The first-order chi connectivity index (χ1) is 9.67. The number of rotatable bonds is 4. The lowest BCUT2D eigenvalue weighted by atomic mass is 10.0. The fraction of sp³-hybridized carbons (Fsp3) is 0.643. The largest absolute Gasteiger partial charge is 0.337 e. The molecular formula is C14H21N5O. The maximum atomic E-state index is 6.15. The highest BCUT2D eigenvalue weighted by atomic mass is 16.5. The van der Waals surface area contributed by atoms with Gasteiger partial charge < -0.3 is 10.3 Å². The molecule has 2 aromatic heterocycles. The van der Waals surface area contributed by atoms with E-state index in [4.69, 9.17) is 10.3 Å². The minimum atomic E-state index is -0.395. The number of nitrogens with two attached hydrogens (primary N) is 1. The van der Waals surface area contributed by atoms with E-state index in [0.717, 1.165) is 30.1 Å². The molecule has 0 radical (unpaired) electrons. The van der Waals surface area contributed by atoms with E-state index in [1.807, 2.05) is 13.2 Å². The van der Waals surface area contributed by atoms with Crippen LogP contribution in [0.4, 0.5) is 0 Å². The molecule has 0 saturated heterocycles. The molecule has 1 aliphatic rings. The molecule has 6 heteroatoms. The average molecular weight is 275 g/mol. The highest BCUT2D eigenvalue weighted by Crippen LogP contribution is 2.38. The SMILES string of the molecule is CCC1CCC(c2noc(C(N)c3cnn(C)c3)n2)C1. The molecule has 0 aromatic carbocycles. The molecule has 2 heterocycles. The van der Waals surface area contributed by atoms with E-state index in [0.29, 0.717) is 11.8 Å². The van der Waals surface area contributed by atoms with Crippen LogP contribution >= 0.6 is 0 Å². The molecule has 0 aliphatic heterocycles. The Hall–Kier alpha value is -1.69. The quantitative estimate of drug-likeness (QED) is 0.924. The summed E-state index contributed by atoms with van der Waals surface area (Å²) in [5.74, 6) is 2.52. The van der Waals surface area contributed by atoms with Crippen LogP contribution in [0.5, 0.6) is 0 Å². The van der Waals surface area contributed by atoms with E-state index in [9.17, 15) is 0 Å². The highest BCUT2D eigenvalue weighted by Gasteiger charge is 2.29. The number of nitrogens with zero attached hydrogens (tertiary/aromatic N) is 4. The zero-order chi connectivity index (χ0) is 14.1. The van der Waals surface area contributed by atoms with Crippen LogP contribution in [0.1, 0.15) is 61.8 Å². The van der Waals surface area contributed by atoms with Gasteiger partial charge in [-0.2, -0.15) is 10.1 Å². The second-order valence-corrected chi connectivity index (χ2v) is 5.70. The molecule has 2 aromatic rings. The molecule has 2 N–H and O–H groups in total. The Morgan fingerprint density at radius 1 is 1.50 bits per heavy atom. The Morgan fingerprint density at radius 3 is 3.00 bits per heavy atom. The van der Waals surface area contributed by atoms with Crippen molar-refractivity contribution < 1.29 is 4.52 Å². The number of aromatic nitrogens is 4. The van der Waals surface area contributed by atoms with Crippen LogP contribution in [0.3, 0.4) is 0 Å². The normalized spacial score (nSPS) is 24.1. The summed E-state index contributed by atoms with van der Waals surface area (Å²) in [6, 6.07) is -0.395. The van der Waals surface area contributed by atoms with Gasteiger partial charge >= 0.3 is 0 Å². The van der Waals surface area contributed by atoms with Crippen LogP contribution in [0.15, 0.2) is 16.9 Å². The summed E-state index contributed by atoms with van der Waals surface area (Å²) in [6.07, 6.45) is 8.42. The first-order valence-corrected chi connectivity index (χ1v) is 7.25. The second-order valence-electron chi connectivity index (χ2n) is 5.70. The van der Waals surface area contributed by atoms with Crippen LogP contribution in [-0.4, -0.2) is 19.9 Å². The lowest BCUT2D eigenvalue weighted by Crippen LogP contribution is -2.11. The maximum Gasteiger partial charge on any atom is 0.248 e. The zero-order valence-corrected chi connectivity index (χ0v) is 12.0. The van der Waals surface area contributed by atoms with Gasteiger partial charge in [0, 0.05) is 24.7 Å². The maximum absolute atomic E-state index is 6.15. The van der Waals surface area contributed by atoms with Crippen molar-refractivity contribution >= 4 is 0 Å². The van der Waals surface area contributed by atoms with Crippen molar-refractivity contribution in [1.82, 2.24) is 19.9 Å². The van der Waals surface area contributed by atoms with Gasteiger partial charge in [0.2, 0.25) is 5.89 Å². The van der Waals surface area contributed by atoms with E-state index < -0.39 is 6.04 Å². The third-order valence-corrected chi connectivity index (χ3v) is 4.29. The first kappa shape index (κ1) is 13.3. The summed E-state index contributed by atoms with van der Waals surface area (Å²) in [5.41, 5.74) is 7.03. The second kappa shape index (κ2) is 5.36. The molecule has 0 bridgehead atoms. The van der Waals surface area contributed by atoms with Crippen LogP contribution in [0.2, 0.25) is 0 Å². The predicted molar refractivity (Wildman–Crippen MR) is 73.9 cm³/mol. The van der Waals surface area contributed by atoms with Crippen molar-refractivity contribution in [3.63, 3.8) is 0 Å². The van der Waals surface area contributed by atoms with Gasteiger partial charge in [0.25, 0.3) is 0 Å². The average Bonchev–Trinajstić information content (AvgIpc) is 3.17. The molecule has 3 unspecified atom stereocenters. The summed E-state index contributed by atoms with van der Waals surface area (Å²) < 4.78 is 7.07. The minimum Gasteiger partial charge on any atom is -0.337 e. The van der Waals surface area contributed by atoms with Crippen molar-refractivity contribution in [3.8, 4) is 0 Å².